The fourth-order valence-corrected chi connectivity index (χ4v) is 3.32. The van der Waals surface area contributed by atoms with Crippen molar-refractivity contribution >= 4 is 11.7 Å². The van der Waals surface area contributed by atoms with Gasteiger partial charge in [-0.05, 0) is 50.7 Å². The molecule has 2 fully saturated rings. The maximum absolute atomic E-state index is 12.5. The third kappa shape index (κ3) is 3.65. The molecule has 7 heteroatoms. The van der Waals surface area contributed by atoms with Gasteiger partial charge in [-0.3, -0.25) is 4.79 Å². The number of piperidine rings is 1. The summed E-state index contributed by atoms with van der Waals surface area (Å²) in [7, 11) is 0. The minimum Gasteiger partial charge on any atom is -0.356 e. The maximum Gasteiger partial charge on any atom is 0.261 e. The molecule has 0 unspecified atom stereocenters. The lowest BCUT2D eigenvalue weighted by molar-refractivity contribution is -0.125. The highest BCUT2D eigenvalue weighted by molar-refractivity contribution is 5.80. The Labute approximate surface area is 146 Å². The monoisotopic (exact) mass is 341 g/mol. The van der Waals surface area contributed by atoms with E-state index < -0.39 is 0 Å². The van der Waals surface area contributed by atoms with Crippen LogP contribution in [0.3, 0.4) is 0 Å². The molecule has 1 atom stereocenters. The Morgan fingerprint density at radius 2 is 2.28 bits per heavy atom. The molecule has 4 rings (SSSR count). The number of nitrogens with one attached hydrogen (secondary N) is 1. The van der Waals surface area contributed by atoms with Gasteiger partial charge < -0.3 is 14.7 Å². The lowest BCUT2D eigenvalue weighted by Gasteiger charge is -2.33. The SMILES string of the molecule is Cc1noc(-c2cccnc2N2CCC[C@@H](C(=O)NCC3CC3)C2)n1. The molecule has 2 aliphatic rings. The third-order valence-electron chi connectivity index (χ3n) is 4.90. The van der Waals surface area contributed by atoms with E-state index in [9.17, 15) is 4.79 Å². The molecule has 0 radical (unpaired) electrons. The van der Waals surface area contributed by atoms with Crippen molar-refractivity contribution in [3.63, 3.8) is 0 Å². The summed E-state index contributed by atoms with van der Waals surface area (Å²) < 4.78 is 5.32. The highest BCUT2D eigenvalue weighted by atomic mass is 16.5. The van der Waals surface area contributed by atoms with Crippen molar-refractivity contribution in [2.45, 2.75) is 32.6 Å². The molecule has 2 aromatic heterocycles. The van der Waals surface area contributed by atoms with E-state index in [2.05, 4.69) is 25.3 Å². The number of nitrogens with zero attached hydrogens (tertiary/aromatic N) is 4. The Balaban J connectivity index is 1.50. The summed E-state index contributed by atoms with van der Waals surface area (Å²) in [6.45, 7) is 4.17. The van der Waals surface area contributed by atoms with Crippen molar-refractivity contribution < 1.29 is 9.32 Å². The minimum atomic E-state index is 0.00628. The van der Waals surface area contributed by atoms with Gasteiger partial charge in [-0.1, -0.05) is 5.16 Å². The Morgan fingerprint density at radius 3 is 3.04 bits per heavy atom. The van der Waals surface area contributed by atoms with Crippen LogP contribution in [0, 0.1) is 18.8 Å². The molecule has 1 N–H and O–H groups in total. The number of carbonyl (C=O) groups excluding carboxylic acids is 1. The smallest absolute Gasteiger partial charge is 0.261 e. The van der Waals surface area contributed by atoms with E-state index in [1.165, 1.54) is 12.8 Å². The van der Waals surface area contributed by atoms with E-state index in [0.29, 0.717) is 24.2 Å². The van der Waals surface area contributed by atoms with Crippen LogP contribution in [0.25, 0.3) is 11.5 Å². The predicted octanol–water partition coefficient (Wildman–Crippen LogP) is 2.18. The van der Waals surface area contributed by atoms with Crippen LogP contribution in [0.15, 0.2) is 22.9 Å². The molecule has 0 bridgehead atoms. The molecule has 132 valence electrons. The van der Waals surface area contributed by atoms with Crippen molar-refractivity contribution in [2.24, 2.45) is 11.8 Å². The van der Waals surface area contributed by atoms with Gasteiger partial charge in [0.1, 0.15) is 5.82 Å². The molecule has 25 heavy (non-hydrogen) atoms. The average Bonchev–Trinajstić information content (AvgIpc) is 3.39. The van der Waals surface area contributed by atoms with Crippen LogP contribution in [0.4, 0.5) is 5.82 Å². The minimum absolute atomic E-state index is 0.00628. The zero-order chi connectivity index (χ0) is 17.2. The van der Waals surface area contributed by atoms with Crippen molar-refractivity contribution in [2.75, 3.05) is 24.5 Å². The molecule has 3 heterocycles. The van der Waals surface area contributed by atoms with Gasteiger partial charge in [-0.25, -0.2) is 4.98 Å². The van der Waals surface area contributed by atoms with Crippen LogP contribution in [0.2, 0.25) is 0 Å². The molecule has 0 spiro atoms. The zero-order valence-electron chi connectivity index (χ0n) is 14.4. The normalized spacial score (nSPS) is 20.5. The standard InChI is InChI=1S/C18H23N5O2/c1-12-21-18(25-22-12)15-5-2-8-19-16(15)23-9-3-4-14(11-23)17(24)20-10-13-6-7-13/h2,5,8,13-14H,3-4,6-7,9-11H2,1H3,(H,20,24)/t14-/m1/s1. The Morgan fingerprint density at radius 1 is 1.40 bits per heavy atom. The third-order valence-corrected chi connectivity index (χ3v) is 4.90. The van der Waals surface area contributed by atoms with Crippen LogP contribution in [-0.4, -0.2) is 40.7 Å². The second kappa shape index (κ2) is 6.82. The van der Waals surface area contributed by atoms with Gasteiger partial charge in [-0.2, -0.15) is 4.98 Å². The van der Waals surface area contributed by atoms with Crippen LogP contribution < -0.4 is 10.2 Å². The molecule has 0 aromatic carbocycles. The van der Waals surface area contributed by atoms with Gasteiger partial charge in [0, 0.05) is 25.8 Å². The molecule has 2 aromatic rings. The second-order valence-electron chi connectivity index (χ2n) is 7.00. The molecular weight excluding hydrogens is 318 g/mol. The number of aromatic nitrogens is 3. The van der Waals surface area contributed by atoms with Crippen molar-refractivity contribution in [3.8, 4) is 11.5 Å². The Hall–Kier alpha value is -2.44. The number of hydrogen-bond donors (Lipinski definition) is 1. The lowest BCUT2D eigenvalue weighted by Crippen LogP contribution is -2.44. The van der Waals surface area contributed by atoms with Crippen molar-refractivity contribution in [3.05, 3.63) is 24.2 Å². The van der Waals surface area contributed by atoms with Crippen molar-refractivity contribution in [1.29, 1.82) is 0 Å². The molecule has 1 saturated heterocycles. The van der Waals surface area contributed by atoms with E-state index in [-0.39, 0.29) is 11.8 Å². The summed E-state index contributed by atoms with van der Waals surface area (Å²) in [6.07, 6.45) is 6.16. The van der Waals surface area contributed by atoms with E-state index in [1.807, 2.05) is 12.1 Å². The molecular formula is C18H23N5O2. The Kier molecular flexibility index (Phi) is 4.38. The maximum atomic E-state index is 12.5. The number of hydrogen-bond acceptors (Lipinski definition) is 6. The van der Waals surface area contributed by atoms with E-state index >= 15 is 0 Å². The van der Waals surface area contributed by atoms with Gasteiger partial charge in [0.25, 0.3) is 5.89 Å². The summed E-state index contributed by atoms with van der Waals surface area (Å²) in [5, 5.41) is 6.98. The van der Waals surface area contributed by atoms with E-state index in [0.717, 1.165) is 37.3 Å². The van der Waals surface area contributed by atoms with Gasteiger partial charge >= 0.3 is 0 Å². The molecule has 1 amide bonds. The van der Waals surface area contributed by atoms with Gasteiger partial charge in [0.2, 0.25) is 5.91 Å². The first-order chi connectivity index (χ1) is 12.2. The summed E-state index contributed by atoms with van der Waals surface area (Å²) in [5.74, 6) is 2.76. The first-order valence-corrected chi connectivity index (χ1v) is 8.99. The van der Waals surface area contributed by atoms with Crippen LogP contribution in [0.5, 0.6) is 0 Å². The highest BCUT2D eigenvalue weighted by Gasteiger charge is 2.30. The van der Waals surface area contributed by atoms with E-state index in [1.54, 1.807) is 13.1 Å². The van der Waals surface area contributed by atoms with Gasteiger partial charge in [0.15, 0.2) is 5.82 Å². The number of aryl methyl sites for hydroxylation is 1. The summed E-state index contributed by atoms with van der Waals surface area (Å²) >= 11 is 0. The quantitative estimate of drug-likeness (QED) is 0.897. The zero-order valence-corrected chi connectivity index (χ0v) is 14.4. The fraction of sp³-hybridized carbons (Fsp3) is 0.556. The van der Waals surface area contributed by atoms with Crippen LogP contribution in [0.1, 0.15) is 31.5 Å². The second-order valence-corrected chi connectivity index (χ2v) is 7.00. The number of pyridine rings is 1. The molecule has 1 aliphatic heterocycles. The lowest BCUT2D eigenvalue weighted by atomic mass is 9.96. The molecule has 7 nitrogen and oxygen atoms in total. The average molecular weight is 341 g/mol. The van der Waals surface area contributed by atoms with Crippen molar-refractivity contribution in [1.82, 2.24) is 20.4 Å². The number of amides is 1. The highest BCUT2D eigenvalue weighted by Crippen LogP contribution is 2.31. The van der Waals surface area contributed by atoms with Gasteiger partial charge in [0.05, 0.1) is 11.5 Å². The molecule has 1 saturated carbocycles. The summed E-state index contributed by atoms with van der Waals surface area (Å²) in [4.78, 5) is 23.5. The Bertz CT molecular complexity index is 755. The molecule has 1 aliphatic carbocycles. The summed E-state index contributed by atoms with van der Waals surface area (Å²) in [5.41, 5.74) is 0.821. The summed E-state index contributed by atoms with van der Waals surface area (Å²) in [6, 6.07) is 3.80. The number of carbonyl (C=O) groups is 1. The predicted molar refractivity (Wildman–Crippen MR) is 92.9 cm³/mol. The van der Waals surface area contributed by atoms with Gasteiger partial charge in [-0.15, -0.1) is 0 Å². The van der Waals surface area contributed by atoms with Crippen LogP contribution in [-0.2, 0) is 4.79 Å². The number of anilines is 1. The largest absolute Gasteiger partial charge is 0.356 e. The van der Waals surface area contributed by atoms with Crippen LogP contribution >= 0.6 is 0 Å². The topological polar surface area (TPSA) is 84.2 Å². The van der Waals surface area contributed by atoms with E-state index in [4.69, 9.17) is 4.52 Å². The first-order valence-electron chi connectivity index (χ1n) is 8.99. The fourth-order valence-electron chi connectivity index (χ4n) is 3.32. The number of rotatable bonds is 5. The first kappa shape index (κ1) is 16.1.